The van der Waals surface area contributed by atoms with E-state index >= 15 is 0 Å². The van der Waals surface area contributed by atoms with Crippen LogP contribution in [0.25, 0.3) is 0 Å². The molecule has 0 radical (unpaired) electrons. The zero-order valence-electron chi connectivity index (χ0n) is 15.2. The van der Waals surface area contributed by atoms with Crippen molar-refractivity contribution in [2.75, 3.05) is 12.4 Å². The first-order valence-corrected chi connectivity index (χ1v) is 9.78. The van der Waals surface area contributed by atoms with Crippen LogP contribution in [0.2, 0.25) is 0 Å². The van der Waals surface area contributed by atoms with Gasteiger partial charge in [0.25, 0.3) is 5.56 Å². The van der Waals surface area contributed by atoms with Crippen molar-refractivity contribution in [3.05, 3.63) is 82.3 Å². The van der Waals surface area contributed by atoms with Gasteiger partial charge in [-0.05, 0) is 37.6 Å². The van der Waals surface area contributed by atoms with Gasteiger partial charge >= 0.3 is 0 Å². The molecule has 140 valence electrons. The van der Waals surface area contributed by atoms with Gasteiger partial charge in [-0.3, -0.25) is 4.79 Å². The molecule has 6 heteroatoms. The Labute approximate surface area is 162 Å². The Bertz CT molecular complexity index is 895. The molecule has 0 fully saturated rings. The lowest BCUT2D eigenvalue weighted by molar-refractivity contribution is 0.299. The molecule has 0 unspecified atom stereocenters. The Balaban J connectivity index is 1.44. The molecule has 0 aliphatic carbocycles. The molecule has 0 atom stereocenters. The molecular formula is C21H22N2O3S. The average Bonchev–Trinajstić information content (AvgIpc) is 2.68. The second-order valence-electron chi connectivity index (χ2n) is 6.01. The number of aromatic nitrogens is 2. The molecule has 0 aliphatic heterocycles. The van der Waals surface area contributed by atoms with Gasteiger partial charge in [0.2, 0.25) is 0 Å². The van der Waals surface area contributed by atoms with Crippen LogP contribution in [0.5, 0.6) is 11.5 Å². The minimum Gasteiger partial charge on any atom is -0.494 e. The Morgan fingerprint density at radius 2 is 1.74 bits per heavy atom. The number of ether oxygens (including phenoxy) is 2. The number of rotatable bonds is 9. The zero-order chi connectivity index (χ0) is 18.9. The molecule has 3 aromatic rings. The second kappa shape index (κ2) is 9.83. The number of benzene rings is 2. The summed E-state index contributed by atoms with van der Waals surface area (Å²) in [6.07, 6.45) is 0.854. The van der Waals surface area contributed by atoms with Crippen LogP contribution in [0.3, 0.4) is 0 Å². The molecule has 0 amide bonds. The average molecular weight is 382 g/mol. The summed E-state index contributed by atoms with van der Waals surface area (Å²) in [6, 6.07) is 18.9. The molecule has 1 heterocycles. The van der Waals surface area contributed by atoms with E-state index in [1.54, 1.807) is 0 Å². The fourth-order valence-corrected chi connectivity index (χ4v) is 3.16. The lowest BCUT2D eigenvalue weighted by Gasteiger charge is -2.08. The Hall–Kier alpha value is -2.73. The topological polar surface area (TPSA) is 64.2 Å². The first kappa shape index (κ1) is 19.0. The van der Waals surface area contributed by atoms with Crippen LogP contribution < -0.4 is 15.0 Å². The van der Waals surface area contributed by atoms with Crippen LogP contribution >= 0.6 is 11.8 Å². The van der Waals surface area contributed by atoms with E-state index in [9.17, 15) is 4.79 Å². The van der Waals surface area contributed by atoms with E-state index in [1.807, 2.05) is 61.5 Å². The number of nitrogens with one attached hydrogen (secondary N) is 1. The van der Waals surface area contributed by atoms with Crippen LogP contribution in [0.15, 0.2) is 70.6 Å². The van der Waals surface area contributed by atoms with E-state index in [4.69, 9.17) is 9.47 Å². The van der Waals surface area contributed by atoms with Crippen LogP contribution in [0, 0.1) is 6.92 Å². The van der Waals surface area contributed by atoms with Crippen molar-refractivity contribution in [3.63, 3.8) is 0 Å². The molecule has 0 aliphatic rings. The highest BCUT2D eigenvalue weighted by molar-refractivity contribution is 7.99. The highest BCUT2D eigenvalue weighted by Gasteiger charge is 2.04. The largest absolute Gasteiger partial charge is 0.494 e. The third kappa shape index (κ3) is 6.49. The summed E-state index contributed by atoms with van der Waals surface area (Å²) < 4.78 is 11.4. The molecule has 1 N–H and O–H groups in total. The SMILES string of the molecule is Cc1ccc(OCCCSc2nc(COc3ccccc3)cc(=O)[nH]2)cc1. The fraction of sp³-hybridized carbons (Fsp3) is 0.238. The lowest BCUT2D eigenvalue weighted by Crippen LogP contribution is -2.12. The standard InChI is InChI=1S/C21H22N2O3S/c1-16-8-10-19(11-9-16)25-12-5-13-27-21-22-17(14-20(24)23-21)15-26-18-6-3-2-4-7-18/h2-4,6-11,14H,5,12-13,15H2,1H3,(H,22,23,24). The molecular weight excluding hydrogens is 360 g/mol. The maximum Gasteiger partial charge on any atom is 0.251 e. The van der Waals surface area contributed by atoms with E-state index in [1.165, 1.54) is 23.4 Å². The van der Waals surface area contributed by atoms with Gasteiger partial charge in [0.1, 0.15) is 18.1 Å². The van der Waals surface area contributed by atoms with Gasteiger partial charge in [-0.15, -0.1) is 0 Å². The van der Waals surface area contributed by atoms with Crippen molar-refractivity contribution in [1.29, 1.82) is 0 Å². The number of aryl methyl sites for hydroxylation is 1. The third-order valence-corrected chi connectivity index (χ3v) is 4.68. The molecule has 5 nitrogen and oxygen atoms in total. The van der Waals surface area contributed by atoms with Crippen LogP contribution in [0.4, 0.5) is 0 Å². The predicted octanol–water partition coefficient (Wildman–Crippen LogP) is 4.22. The third-order valence-electron chi connectivity index (χ3n) is 3.72. The first-order chi connectivity index (χ1) is 13.2. The predicted molar refractivity (Wildman–Crippen MR) is 108 cm³/mol. The molecule has 0 spiro atoms. The van der Waals surface area contributed by atoms with Gasteiger partial charge in [-0.25, -0.2) is 4.98 Å². The number of hydrogen-bond donors (Lipinski definition) is 1. The van der Waals surface area contributed by atoms with Gasteiger partial charge in [0.05, 0.1) is 12.3 Å². The van der Waals surface area contributed by atoms with Crippen molar-refractivity contribution in [2.45, 2.75) is 25.1 Å². The molecule has 0 saturated heterocycles. The maximum absolute atomic E-state index is 11.8. The van der Waals surface area contributed by atoms with E-state index in [0.29, 0.717) is 17.5 Å². The van der Waals surface area contributed by atoms with Crippen LogP contribution in [0.1, 0.15) is 17.7 Å². The smallest absolute Gasteiger partial charge is 0.251 e. The molecule has 3 rings (SSSR count). The summed E-state index contributed by atoms with van der Waals surface area (Å²) in [6.45, 7) is 2.93. The zero-order valence-corrected chi connectivity index (χ0v) is 16.0. The van der Waals surface area contributed by atoms with E-state index in [2.05, 4.69) is 9.97 Å². The summed E-state index contributed by atoms with van der Waals surface area (Å²) in [5.41, 5.74) is 1.65. The van der Waals surface area contributed by atoms with Gasteiger partial charge in [-0.2, -0.15) is 0 Å². The Kier molecular flexibility index (Phi) is 6.93. The summed E-state index contributed by atoms with van der Waals surface area (Å²) in [5.74, 6) is 2.43. The first-order valence-electron chi connectivity index (χ1n) is 8.79. The minimum absolute atomic E-state index is 0.171. The van der Waals surface area contributed by atoms with Gasteiger partial charge in [0, 0.05) is 11.8 Å². The number of para-hydroxylation sites is 1. The minimum atomic E-state index is -0.171. The van der Waals surface area contributed by atoms with Crippen LogP contribution in [-0.2, 0) is 6.61 Å². The number of nitrogens with zero attached hydrogens (tertiary/aromatic N) is 1. The number of H-pyrrole nitrogens is 1. The van der Waals surface area contributed by atoms with E-state index in [-0.39, 0.29) is 12.2 Å². The number of hydrogen-bond acceptors (Lipinski definition) is 5. The van der Waals surface area contributed by atoms with Crippen molar-refractivity contribution in [1.82, 2.24) is 9.97 Å². The maximum atomic E-state index is 11.8. The lowest BCUT2D eigenvalue weighted by atomic mass is 10.2. The normalized spacial score (nSPS) is 10.6. The monoisotopic (exact) mass is 382 g/mol. The second-order valence-corrected chi connectivity index (χ2v) is 7.09. The Morgan fingerprint density at radius 3 is 2.52 bits per heavy atom. The van der Waals surface area contributed by atoms with E-state index < -0.39 is 0 Å². The molecule has 0 saturated carbocycles. The summed E-state index contributed by atoms with van der Waals surface area (Å²) in [7, 11) is 0. The molecule has 1 aromatic heterocycles. The summed E-state index contributed by atoms with van der Waals surface area (Å²) >= 11 is 1.51. The highest BCUT2D eigenvalue weighted by Crippen LogP contribution is 2.16. The van der Waals surface area contributed by atoms with Crippen molar-refractivity contribution in [3.8, 4) is 11.5 Å². The fourth-order valence-electron chi connectivity index (χ4n) is 2.35. The quantitative estimate of drug-likeness (QED) is 0.341. The van der Waals surface area contributed by atoms with Gasteiger partial charge in [-0.1, -0.05) is 47.7 Å². The Morgan fingerprint density at radius 1 is 1.00 bits per heavy atom. The molecule has 27 heavy (non-hydrogen) atoms. The van der Waals surface area contributed by atoms with Crippen molar-refractivity contribution < 1.29 is 9.47 Å². The van der Waals surface area contributed by atoms with E-state index in [0.717, 1.165) is 23.7 Å². The van der Waals surface area contributed by atoms with Gasteiger partial charge < -0.3 is 14.5 Å². The van der Waals surface area contributed by atoms with Crippen molar-refractivity contribution in [2.24, 2.45) is 0 Å². The van der Waals surface area contributed by atoms with Crippen LogP contribution in [-0.4, -0.2) is 22.3 Å². The number of thioether (sulfide) groups is 1. The molecule has 0 bridgehead atoms. The molecule has 2 aromatic carbocycles. The summed E-state index contributed by atoms with van der Waals surface area (Å²) in [5, 5.41) is 0.601. The van der Waals surface area contributed by atoms with Crippen molar-refractivity contribution >= 4 is 11.8 Å². The number of aromatic amines is 1. The highest BCUT2D eigenvalue weighted by atomic mass is 32.2. The van der Waals surface area contributed by atoms with Gasteiger partial charge in [0.15, 0.2) is 5.16 Å². The summed E-state index contributed by atoms with van der Waals surface area (Å²) in [4.78, 5) is 19.1.